The van der Waals surface area contributed by atoms with Crippen molar-refractivity contribution in [3.8, 4) is 5.75 Å². The second kappa shape index (κ2) is 8.92. The number of nitrogens with zero attached hydrogens (tertiary/aromatic N) is 4. The maximum absolute atomic E-state index is 12.4. The zero-order chi connectivity index (χ0) is 22.5. The predicted molar refractivity (Wildman–Crippen MR) is 118 cm³/mol. The highest BCUT2D eigenvalue weighted by molar-refractivity contribution is 5.96. The molecular formula is C21H17N7O4. The summed E-state index contributed by atoms with van der Waals surface area (Å²) in [5.74, 6) is -0.120. The SMILES string of the molecule is COc1ccc(C(=O)NNc2ncnc(Nc3cccc4ncccc34)c2[N+](=O)[O-])cc1. The van der Waals surface area contributed by atoms with E-state index in [1.807, 2.05) is 12.1 Å². The van der Waals surface area contributed by atoms with Crippen molar-refractivity contribution in [1.29, 1.82) is 0 Å². The molecule has 2 aromatic carbocycles. The van der Waals surface area contributed by atoms with E-state index in [2.05, 4.69) is 31.1 Å². The number of aromatic nitrogens is 3. The lowest BCUT2D eigenvalue weighted by atomic mass is 10.2. The molecule has 0 bridgehead atoms. The summed E-state index contributed by atoms with van der Waals surface area (Å²) in [6, 6.07) is 15.4. The second-order valence-electron chi connectivity index (χ2n) is 6.48. The van der Waals surface area contributed by atoms with Crippen LogP contribution in [0.3, 0.4) is 0 Å². The maximum Gasteiger partial charge on any atom is 0.355 e. The Morgan fingerprint density at radius 2 is 1.78 bits per heavy atom. The van der Waals surface area contributed by atoms with E-state index in [1.165, 1.54) is 7.11 Å². The highest BCUT2D eigenvalue weighted by atomic mass is 16.6. The smallest absolute Gasteiger partial charge is 0.355 e. The molecule has 1 amide bonds. The zero-order valence-corrected chi connectivity index (χ0v) is 16.8. The molecule has 0 fully saturated rings. The fourth-order valence-corrected chi connectivity index (χ4v) is 3.01. The molecule has 32 heavy (non-hydrogen) atoms. The van der Waals surface area contributed by atoms with Crippen LogP contribution in [0.5, 0.6) is 5.75 Å². The van der Waals surface area contributed by atoms with Gasteiger partial charge in [0.05, 0.1) is 17.5 Å². The van der Waals surface area contributed by atoms with Crippen molar-refractivity contribution in [3.63, 3.8) is 0 Å². The van der Waals surface area contributed by atoms with Gasteiger partial charge in [-0.25, -0.2) is 9.97 Å². The fourth-order valence-electron chi connectivity index (χ4n) is 3.01. The molecule has 11 nitrogen and oxygen atoms in total. The number of anilines is 3. The first-order valence-electron chi connectivity index (χ1n) is 9.37. The number of carbonyl (C=O) groups excluding carboxylic acids is 1. The first-order chi connectivity index (χ1) is 15.6. The number of amides is 1. The lowest BCUT2D eigenvalue weighted by Crippen LogP contribution is -2.30. The van der Waals surface area contributed by atoms with Gasteiger partial charge in [-0.2, -0.15) is 0 Å². The Morgan fingerprint density at radius 1 is 1.00 bits per heavy atom. The van der Waals surface area contributed by atoms with E-state index in [0.717, 1.165) is 17.2 Å². The molecule has 0 aliphatic rings. The minimum absolute atomic E-state index is 0.0393. The van der Waals surface area contributed by atoms with Gasteiger partial charge >= 0.3 is 5.69 Å². The molecule has 0 saturated carbocycles. The van der Waals surface area contributed by atoms with Crippen LogP contribution in [0.2, 0.25) is 0 Å². The molecule has 0 saturated heterocycles. The van der Waals surface area contributed by atoms with Crippen molar-refractivity contribution in [2.24, 2.45) is 0 Å². The molecule has 4 rings (SSSR count). The van der Waals surface area contributed by atoms with Crippen LogP contribution in [0.1, 0.15) is 10.4 Å². The van der Waals surface area contributed by atoms with Crippen molar-refractivity contribution in [2.45, 2.75) is 0 Å². The number of pyridine rings is 1. The number of benzene rings is 2. The highest BCUT2D eigenvalue weighted by Crippen LogP contribution is 2.32. The van der Waals surface area contributed by atoms with Gasteiger partial charge < -0.3 is 10.1 Å². The highest BCUT2D eigenvalue weighted by Gasteiger charge is 2.24. The number of hydrogen-bond acceptors (Lipinski definition) is 9. The summed E-state index contributed by atoms with van der Waals surface area (Å²) in [5.41, 5.74) is 6.13. The number of hydrazine groups is 1. The molecule has 160 valence electrons. The molecule has 2 heterocycles. The van der Waals surface area contributed by atoms with Crippen LogP contribution in [0.25, 0.3) is 10.9 Å². The van der Waals surface area contributed by atoms with E-state index in [4.69, 9.17) is 4.74 Å². The van der Waals surface area contributed by atoms with E-state index in [1.54, 1.807) is 48.7 Å². The molecule has 0 aliphatic heterocycles. The summed E-state index contributed by atoms with van der Waals surface area (Å²) < 4.78 is 5.06. The van der Waals surface area contributed by atoms with Crippen LogP contribution in [-0.2, 0) is 0 Å². The van der Waals surface area contributed by atoms with Gasteiger partial charge in [0.2, 0.25) is 11.6 Å². The maximum atomic E-state index is 12.4. The molecule has 0 unspecified atom stereocenters. The van der Waals surface area contributed by atoms with Gasteiger partial charge in [-0.3, -0.25) is 30.7 Å². The number of rotatable bonds is 7. The van der Waals surface area contributed by atoms with Gasteiger partial charge in [-0.15, -0.1) is 0 Å². The van der Waals surface area contributed by atoms with Gasteiger partial charge in [-0.1, -0.05) is 6.07 Å². The average molecular weight is 431 g/mol. The minimum Gasteiger partial charge on any atom is -0.497 e. The third-order valence-electron chi connectivity index (χ3n) is 4.55. The Bertz CT molecular complexity index is 1290. The number of nitro groups is 1. The quantitative estimate of drug-likeness (QED) is 0.296. The lowest BCUT2D eigenvalue weighted by molar-refractivity contribution is -0.383. The molecule has 0 radical (unpaired) electrons. The Hall–Kier alpha value is -4.80. The number of hydrogen-bond donors (Lipinski definition) is 3. The van der Waals surface area contributed by atoms with Crippen molar-refractivity contribution >= 4 is 39.8 Å². The molecule has 4 aromatic rings. The fraction of sp³-hybridized carbons (Fsp3) is 0.0476. The molecule has 0 atom stereocenters. The molecule has 2 aromatic heterocycles. The van der Waals surface area contributed by atoms with Crippen molar-refractivity contribution in [2.75, 3.05) is 17.9 Å². The third-order valence-corrected chi connectivity index (χ3v) is 4.55. The minimum atomic E-state index is -0.631. The van der Waals surface area contributed by atoms with Gasteiger partial charge in [0.25, 0.3) is 5.91 Å². The average Bonchev–Trinajstić information content (AvgIpc) is 2.82. The van der Waals surface area contributed by atoms with Crippen molar-refractivity contribution in [3.05, 3.63) is 82.8 Å². The van der Waals surface area contributed by atoms with Gasteiger partial charge in [0.1, 0.15) is 12.1 Å². The Balaban J connectivity index is 1.59. The largest absolute Gasteiger partial charge is 0.497 e. The van der Waals surface area contributed by atoms with Crippen LogP contribution in [0, 0.1) is 10.1 Å². The number of nitrogens with one attached hydrogen (secondary N) is 3. The van der Waals surface area contributed by atoms with E-state index >= 15 is 0 Å². The topological polar surface area (TPSA) is 144 Å². The van der Waals surface area contributed by atoms with Gasteiger partial charge in [0, 0.05) is 22.8 Å². The third kappa shape index (κ3) is 4.21. The van der Waals surface area contributed by atoms with Gasteiger partial charge in [-0.05, 0) is 48.5 Å². The Morgan fingerprint density at radius 3 is 2.53 bits per heavy atom. The Labute approximate surface area is 181 Å². The van der Waals surface area contributed by atoms with Crippen LogP contribution < -0.4 is 20.9 Å². The van der Waals surface area contributed by atoms with E-state index in [-0.39, 0.29) is 11.6 Å². The molecule has 0 aliphatic carbocycles. The predicted octanol–water partition coefficient (Wildman–Crippen LogP) is 3.44. The molecule has 0 spiro atoms. The zero-order valence-electron chi connectivity index (χ0n) is 16.8. The first-order valence-corrected chi connectivity index (χ1v) is 9.37. The summed E-state index contributed by atoms with van der Waals surface area (Å²) in [6.45, 7) is 0. The number of methoxy groups -OCH3 is 1. The van der Waals surface area contributed by atoms with Crippen molar-refractivity contribution in [1.82, 2.24) is 20.4 Å². The van der Waals surface area contributed by atoms with Crippen LogP contribution in [-0.4, -0.2) is 32.9 Å². The molecule has 11 heteroatoms. The summed E-state index contributed by atoms with van der Waals surface area (Å²) in [6.07, 6.45) is 2.81. The van der Waals surface area contributed by atoms with Crippen LogP contribution >= 0.6 is 0 Å². The van der Waals surface area contributed by atoms with E-state index in [9.17, 15) is 14.9 Å². The first kappa shape index (κ1) is 20.5. The number of ether oxygens (including phenoxy) is 1. The summed E-state index contributed by atoms with van der Waals surface area (Å²) in [7, 11) is 1.52. The molecular weight excluding hydrogens is 414 g/mol. The standard InChI is InChI=1S/C21H17N7O4/c1-32-14-9-7-13(8-10-14)21(29)27-26-20-18(28(30)31)19(23-12-24-20)25-17-6-2-5-16-15(17)4-3-11-22-16/h2-12H,1H3,(H,27,29)(H2,23,24,25,26). The number of fused-ring (bicyclic) bond motifs is 1. The summed E-state index contributed by atoms with van der Waals surface area (Å²) in [4.78, 5) is 35.7. The van der Waals surface area contributed by atoms with Gasteiger partial charge in [0.15, 0.2) is 0 Å². The second-order valence-corrected chi connectivity index (χ2v) is 6.48. The monoisotopic (exact) mass is 431 g/mol. The van der Waals surface area contributed by atoms with Crippen LogP contribution in [0.4, 0.5) is 23.0 Å². The Kier molecular flexibility index (Phi) is 5.70. The van der Waals surface area contributed by atoms with E-state index in [0.29, 0.717) is 17.0 Å². The summed E-state index contributed by atoms with van der Waals surface area (Å²) >= 11 is 0. The normalized spacial score (nSPS) is 10.4. The lowest BCUT2D eigenvalue weighted by Gasteiger charge is -2.12. The molecule has 3 N–H and O–H groups in total. The van der Waals surface area contributed by atoms with Crippen molar-refractivity contribution < 1.29 is 14.5 Å². The summed E-state index contributed by atoms with van der Waals surface area (Å²) in [5, 5.41) is 15.5. The van der Waals surface area contributed by atoms with Crippen LogP contribution in [0.15, 0.2) is 67.1 Å². The number of carbonyl (C=O) groups is 1. The van der Waals surface area contributed by atoms with E-state index < -0.39 is 16.5 Å².